The van der Waals surface area contributed by atoms with Crippen LogP contribution in [0.1, 0.15) is 20.8 Å². The molecule has 1 atom stereocenters. The van der Waals surface area contributed by atoms with Crippen molar-refractivity contribution in [3.63, 3.8) is 0 Å². The fourth-order valence-corrected chi connectivity index (χ4v) is 0.490. The Hall–Kier alpha value is -0.610. The number of nitrogens with two attached hydrogens (primary N) is 1. The molecule has 4 N–H and O–H groups in total. The number of β-amino-alcohol motifs (C(OH)–C–C–N with tert-alkyl or cyclic N) is 1. The molecular weight excluding hydrogens is 144 g/mol. The van der Waals surface area contributed by atoms with Gasteiger partial charge >= 0.3 is 0 Å². The molecule has 0 aromatic carbocycles. The number of aliphatic hydroxyl groups is 1. The predicted molar refractivity (Wildman–Crippen MR) is 43.0 cm³/mol. The molecule has 66 valence electrons. The summed E-state index contributed by atoms with van der Waals surface area (Å²) in [5, 5.41) is 11.7. The molecule has 11 heavy (non-hydrogen) atoms. The maximum atomic E-state index is 10.7. The third-order valence-corrected chi connectivity index (χ3v) is 1.46. The van der Waals surface area contributed by atoms with Crippen molar-refractivity contribution >= 4 is 5.91 Å². The average Bonchev–Trinajstić information content (AvgIpc) is 1.84. The van der Waals surface area contributed by atoms with Crippen LogP contribution in [0.3, 0.4) is 0 Å². The van der Waals surface area contributed by atoms with Crippen LogP contribution >= 0.6 is 0 Å². The maximum absolute atomic E-state index is 10.7. The van der Waals surface area contributed by atoms with Gasteiger partial charge in [-0.3, -0.25) is 4.79 Å². The predicted octanol–water partition coefficient (Wildman–Crippen LogP) is -0.779. The van der Waals surface area contributed by atoms with E-state index in [4.69, 9.17) is 10.8 Å². The zero-order valence-corrected chi connectivity index (χ0v) is 7.22. The van der Waals surface area contributed by atoms with Gasteiger partial charge in [0, 0.05) is 6.54 Å². The molecule has 0 spiro atoms. The lowest BCUT2D eigenvalue weighted by atomic mass is 10.1. The summed E-state index contributed by atoms with van der Waals surface area (Å²) in [6, 6.07) is 0. The highest BCUT2D eigenvalue weighted by Crippen LogP contribution is 1.99. The molecule has 0 aromatic rings. The maximum Gasteiger partial charge on any atom is 0.237 e. The first kappa shape index (κ1) is 10.4. The highest BCUT2D eigenvalue weighted by atomic mass is 16.3. The lowest BCUT2D eigenvalue weighted by Gasteiger charge is -2.22. The first-order valence-corrected chi connectivity index (χ1v) is 3.59. The van der Waals surface area contributed by atoms with Gasteiger partial charge in [-0.05, 0) is 20.8 Å². The summed E-state index contributed by atoms with van der Waals surface area (Å²) in [7, 11) is 0. The standard InChI is InChI=1S/C7H16N2O2/c1-5(10)4-9-7(2,3)6(8)11/h5,9-10H,4H2,1-3H3,(H2,8,11). The molecular formula is C7H16N2O2. The molecule has 1 unspecified atom stereocenters. The molecule has 0 aliphatic rings. The van der Waals surface area contributed by atoms with E-state index >= 15 is 0 Å². The van der Waals surface area contributed by atoms with Gasteiger partial charge < -0.3 is 16.2 Å². The van der Waals surface area contributed by atoms with Crippen LogP contribution in [0.5, 0.6) is 0 Å². The summed E-state index contributed by atoms with van der Waals surface area (Å²) < 4.78 is 0. The quantitative estimate of drug-likeness (QED) is 0.505. The number of aliphatic hydroxyl groups excluding tert-OH is 1. The highest BCUT2D eigenvalue weighted by Gasteiger charge is 2.23. The Balaban J connectivity index is 3.83. The van der Waals surface area contributed by atoms with Crippen molar-refractivity contribution < 1.29 is 9.90 Å². The number of hydrogen-bond donors (Lipinski definition) is 3. The largest absolute Gasteiger partial charge is 0.392 e. The first-order chi connectivity index (χ1) is 4.86. The van der Waals surface area contributed by atoms with Crippen LogP contribution < -0.4 is 11.1 Å². The van der Waals surface area contributed by atoms with Crippen LogP contribution in [0.25, 0.3) is 0 Å². The Morgan fingerprint density at radius 2 is 2.18 bits per heavy atom. The molecule has 0 fully saturated rings. The number of amides is 1. The van der Waals surface area contributed by atoms with Crippen LogP contribution in [-0.2, 0) is 4.79 Å². The summed E-state index contributed by atoms with van der Waals surface area (Å²) in [4.78, 5) is 10.7. The van der Waals surface area contributed by atoms with Crippen molar-refractivity contribution in [2.45, 2.75) is 32.4 Å². The molecule has 0 aromatic heterocycles. The SMILES string of the molecule is CC(O)CNC(C)(C)C(N)=O. The molecule has 0 aliphatic carbocycles. The van der Waals surface area contributed by atoms with Crippen molar-refractivity contribution in [1.29, 1.82) is 0 Å². The molecule has 0 bridgehead atoms. The molecule has 0 rings (SSSR count). The molecule has 4 heteroatoms. The van der Waals surface area contributed by atoms with Crippen LogP contribution in [0.4, 0.5) is 0 Å². The lowest BCUT2D eigenvalue weighted by Crippen LogP contribution is -2.52. The van der Waals surface area contributed by atoms with Gasteiger partial charge in [0.2, 0.25) is 5.91 Å². The Morgan fingerprint density at radius 3 is 2.45 bits per heavy atom. The summed E-state index contributed by atoms with van der Waals surface area (Å²) in [6.07, 6.45) is -0.464. The van der Waals surface area contributed by atoms with Gasteiger partial charge in [0.15, 0.2) is 0 Å². The average molecular weight is 160 g/mol. The number of carbonyl (C=O) groups is 1. The van der Waals surface area contributed by atoms with E-state index in [1.165, 1.54) is 0 Å². The van der Waals surface area contributed by atoms with Gasteiger partial charge in [-0.25, -0.2) is 0 Å². The molecule has 0 aliphatic heterocycles. The lowest BCUT2D eigenvalue weighted by molar-refractivity contribution is -0.123. The second kappa shape index (κ2) is 3.69. The zero-order chi connectivity index (χ0) is 9.07. The van der Waals surface area contributed by atoms with Crippen LogP contribution in [0.15, 0.2) is 0 Å². The minimum Gasteiger partial charge on any atom is -0.392 e. The smallest absolute Gasteiger partial charge is 0.237 e. The van der Waals surface area contributed by atoms with Gasteiger partial charge in [0.05, 0.1) is 11.6 Å². The van der Waals surface area contributed by atoms with Crippen molar-refractivity contribution in [1.82, 2.24) is 5.32 Å². The molecule has 1 amide bonds. The summed E-state index contributed by atoms with van der Waals surface area (Å²) in [6.45, 7) is 5.37. The molecule has 0 radical (unpaired) electrons. The van der Waals surface area contributed by atoms with Crippen molar-refractivity contribution in [3.8, 4) is 0 Å². The fraction of sp³-hybridized carbons (Fsp3) is 0.857. The van der Waals surface area contributed by atoms with E-state index in [0.717, 1.165) is 0 Å². The van der Waals surface area contributed by atoms with Crippen LogP contribution in [-0.4, -0.2) is 29.2 Å². The summed E-state index contributed by atoms with van der Waals surface area (Å²) in [5.74, 6) is -0.418. The first-order valence-electron chi connectivity index (χ1n) is 3.59. The molecule has 0 saturated carbocycles. The van der Waals surface area contributed by atoms with E-state index < -0.39 is 17.6 Å². The summed E-state index contributed by atoms with van der Waals surface area (Å²) in [5.41, 5.74) is 4.33. The number of nitrogens with one attached hydrogen (secondary N) is 1. The Morgan fingerprint density at radius 1 is 1.73 bits per heavy atom. The van der Waals surface area contributed by atoms with E-state index in [0.29, 0.717) is 6.54 Å². The second-order valence-corrected chi connectivity index (χ2v) is 3.22. The van der Waals surface area contributed by atoms with Crippen molar-refractivity contribution in [2.75, 3.05) is 6.54 Å². The minimum absolute atomic E-state index is 0.371. The third-order valence-electron chi connectivity index (χ3n) is 1.46. The Kier molecular flexibility index (Phi) is 3.48. The van der Waals surface area contributed by atoms with Gasteiger partial charge in [0.1, 0.15) is 0 Å². The monoisotopic (exact) mass is 160 g/mol. The van der Waals surface area contributed by atoms with Crippen molar-refractivity contribution in [3.05, 3.63) is 0 Å². The number of hydrogen-bond acceptors (Lipinski definition) is 3. The van der Waals surface area contributed by atoms with E-state index in [-0.39, 0.29) is 0 Å². The molecule has 4 nitrogen and oxygen atoms in total. The van der Waals surface area contributed by atoms with Crippen LogP contribution in [0.2, 0.25) is 0 Å². The second-order valence-electron chi connectivity index (χ2n) is 3.22. The number of rotatable bonds is 4. The van der Waals surface area contributed by atoms with E-state index in [2.05, 4.69) is 5.32 Å². The van der Waals surface area contributed by atoms with Crippen LogP contribution in [0, 0.1) is 0 Å². The minimum atomic E-state index is -0.739. The van der Waals surface area contributed by atoms with Gasteiger partial charge in [-0.2, -0.15) is 0 Å². The van der Waals surface area contributed by atoms with Crippen molar-refractivity contribution in [2.24, 2.45) is 5.73 Å². The third kappa shape index (κ3) is 3.95. The number of carbonyl (C=O) groups excluding carboxylic acids is 1. The van der Waals surface area contributed by atoms with E-state index in [1.807, 2.05) is 0 Å². The van der Waals surface area contributed by atoms with Gasteiger partial charge in [-0.1, -0.05) is 0 Å². The fourth-order valence-electron chi connectivity index (χ4n) is 0.490. The molecule has 0 saturated heterocycles. The number of primary amides is 1. The van der Waals surface area contributed by atoms with Gasteiger partial charge in [-0.15, -0.1) is 0 Å². The highest BCUT2D eigenvalue weighted by molar-refractivity contribution is 5.83. The Labute approximate surface area is 66.8 Å². The Bertz CT molecular complexity index is 143. The van der Waals surface area contributed by atoms with E-state index in [9.17, 15) is 4.79 Å². The summed E-state index contributed by atoms with van der Waals surface area (Å²) >= 11 is 0. The molecule has 0 heterocycles. The van der Waals surface area contributed by atoms with E-state index in [1.54, 1.807) is 20.8 Å². The topological polar surface area (TPSA) is 75.3 Å². The zero-order valence-electron chi connectivity index (χ0n) is 7.22. The normalized spacial score (nSPS) is 14.5. The van der Waals surface area contributed by atoms with Gasteiger partial charge in [0.25, 0.3) is 0 Å².